The van der Waals surface area contributed by atoms with Crippen molar-refractivity contribution in [3.05, 3.63) is 12.7 Å². The van der Waals surface area contributed by atoms with Gasteiger partial charge in [0.2, 0.25) is 5.91 Å². The third-order valence-corrected chi connectivity index (χ3v) is 1.73. The molecule has 0 heterocycles. The molecular weight excluding hydrogens is 152 g/mol. The number of amides is 1. The molecule has 0 unspecified atom stereocenters. The number of nitrogens with one attached hydrogen (secondary N) is 1. The number of hydrogen-bond donors (Lipinski definition) is 1. The highest BCUT2D eigenvalue weighted by atomic mass is 16.2. The summed E-state index contributed by atoms with van der Waals surface area (Å²) in [6.45, 7) is 8.60. The SMILES string of the molecule is C=CCNCC(=O)N(C)C(C)C. The molecular formula is C9H18N2O. The summed E-state index contributed by atoms with van der Waals surface area (Å²) in [4.78, 5) is 13.0. The molecule has 70 valence electrons. The summed E-state index contributed by atoms with van der Waals surface area (Å²) in [5, 5.41) is 2.96. The standard InChI is InChI=1S/C9H18N2O/c1-5-6-10-7-9(12)11(4)8(2)3/h5,8,10H,1,6-7H2,2-4H3. The zero-order valence-corrected chi connectivity index (χ0v) is 8.13. The first-order chi connectivity index (χ1) is 5.59. The van der Waals surface area contributed by atoms with E-state index in [0.29, 0.717) is 13.1 Å². The van der Waals surface area contributed by atoms with Crippen LogP contribution in [0.1, 0.15) is 13.8 Å². The second-order valence-corrected chi connectivity index (χ2v) is 3.02. The number of carbonyl (C=O) groups excluding carboxylic acids is 1. The minimum Gasteiger partial charge on any atom is -0.342 e. The molecule has 0 saturated carbocycles. The lowest BCUT2D eigenvalue weighted by Gasteiger charge is -2.21. The van der Waals surface area contributed by atoms with Gasteiger partial charge in [0.25, 0.3) is 0 Å². The fourth-order valence-electron chi connectivity index (χ4n) is 0.694. The Balaban J connectivity index is 3.64. The average Bonchev–Trinajstić information content (AvgIpc) is 2.03. The summed E-state index contributed by atoms with van der Waals surface area (Å²) in [7, 11) is 1.81. The maximum atomic E-state index is 11.3. The van der Waals surface area contributed by atoms with Crippen molar-refractivity contribution in [1.82, 2.24) is 10.2 Å². The molecule has 3 heteroatoms. The van der Waals surface area contributed by atoms with Crippen molar-refractivity contribution in [2.45, 2.75) is 19.9 Å². The van der Waals surface area contributed by atoms with Gasteiger partial charge in [-0.2, -0.15) is 0 Å². The lowest BCUT2D eigenvalue weighted by molar-refractivity contribution is -0.130. The van der Waals surface area contributed by atoms with Crippen LogP contribution in [0.4, 0.5) is 0 Å². The van der Waals surface area contributed by atoms with E-state index in [2.05, 4.69) is 11.9 Å². The molecule has 0 aliphatic carbocycles. The van der Waals surface area contributed by atoms with Crippen LogP contribution in [0, 0.1) is 0 Å². The fourth-order valence-corrected chi connectivity index (χ4v) is 0.694. The zero-order valence-electron chi connectivity index (χ0n) is 8.13. The molecule has 0 saturated heterocycles. The van der Waals surface area contributed by atoms with Gasteiger partial charge in [-0.05, 0) is 13.8 Å². The van der Waals surface area contributed by atoms with Gasteiger partial charge >= 0.3 is 0 Å². The summed E-state index contributed by atoms with van der Waals surface area (Å²) >= 11 is 0. The van der Waals surface area contributed by atoms with E-state index in [0.717, 1.165) is 0 Å². The number of rotatable bonds is 5. The van der Waals surface area contributed by atoms with Gasteiger partial charge in [-0.15, -0.1) is 6.58 Å². The molecule has 0 aromatic carbocycles. The third kappa shape index (κ3) is 4.13. The van der Waals surface area contributed by atoms with Gasteiger partial charge in [0.1, 0.15) is 0 Å². The molecule has 1 amide bonds. The van der Waals surface area contributed by atoms with Crippen molar-refractivity contribution in [2.75, 3.05) is 20.1 Å². The third-order valence-electron chi connectivity index (χ3n) is 1.73. The highest BCUT2D eigenvalue weighted by molar-refractivity contribution is 5.78. The number of likely N-dealkylation sites (N-methyl/N-ethyl adjacent to an activating group) is 1. The highest BCUT2D eigenvalue weighted by Crippen LogP contribution is 1.92. The highest BCUT2D eigenvalue weighted by Gasteiger charge is 2.09. The van der Waals surface area contributed by atoms with E-state index in [1.165, 1.54) is 0 Å². The molecule has 0 aromatic rings. The number of hydrogen-bond acceptors (Lipinski definition) is 2. The van der Waals surface area contributed by atoms with E-state index in [-0.39, 0.29) is 11.9 Å². The summed E-state index contributed by atoms with van der Waals surface area (Å²) in [6.07, 6.45) is 1.74. The van der Waals surface area contributed by atoms with Crippen LogP contribution in [-0.4, -0.2) is 37.0 Å². The van der Waals surface area contributed by atoms with Gasteiger partial charge in [0.05, 0.1) is 6.54 Å². The molecule has 1 N–H and O–H groups in total. The van der Waals surface area contributed by atoms with Crippen molar-refractivity contribution in [1.29, 1.82) is 0 Å². The van der Waals surface area contributed by atoms with Gasteiger partial charge < -0.3 is 10.2 Å². The van der Waals surface area contributed by atoms with Crippen LogP contribution < -0.4 is 5.32 Å². The van der Waals surface area contributed by atoms with Crippen molar-refractivity contribution in [3.8, 4) is 0 Å². The van der Waals surface area contributed by atoms with E-state index >= 15 is 0 Å². The van der Waals surface area contributed by atoms with Crippen LogP contribution in [0.25, 0.3) is 0 Å². The van der Waals surface area contributed by atoms with Crippen LogP contribution in [-0.2, 0) is 4.79 Å². The smallest absolute Gasteiger partial charge is 0.236 e. The quantitative estimate of drug-likeness (QED) is 0.485. The maximum absolute atomic E-state index is 11.3. The first-order valence-electron chi connectivity index (χ1n) is 4.17. The molecule has 3 nitrogen and oxygen atoms in total. The van der Waals surface area contributed by atoms with Crippen LogP contribution in [0.15, 0.2) is 12.7 Å². The normalized spacial score (nSPS) is 10.0. The predicted octanol–water partition coefficient (Wildman–Crippen LogP) is 0.629. The van der Waals surface area contributed by atoms with Crippen molar-refractivity contribution in [2.24, 2.45) is 0 Å². The second kappa shape index (κ2) is 5.77. The summed E-state index contributed by atoms with van der Waals surface area (Å²) < 4.78 is 0. The summed E-state index contributed by atoms with van der Waals surface area (Å²) in [6, 6.07) is 0.267. The Morgan fingerprint density at radius 1 is 1.67 bits per heavy atom. The van der Waals surface area contributed by atoms with Crippen LogP contribution in [0.2, 0.25) is 0 Å². The molecule has 0 fully saturated rings. The molecule has 0 aromatic heterocycles. The minimum absolute atomic E-state index is 0.117. The van der Waals surface area contributed by atoms with E-state index in [9.17, 15) is 4.79 Å². The predicted molar refractivity (Wildman–Crippen MR) is 51.0 cm³/mol. The summed E-state index contributed by atoms with van der Waals surface area (Å²) in [5.74, 6) is 0.117. The van der Waals surface area contributed by atoms with Gasteiger partial charge in [-0.1, -0.05) is 6.08 Å². The zero-order chi connectivity index (χ0) is 9.56. The lowest BCUT2D eigenvalue weighted by Crippen LogP contribution is -2.39. The fraction of sp³-hybridized carbons (Fsp3) is 0.667. The van der Waals surface area contributed by atoms with E-state index in [4.69, 9.17) is 0 Å². The molecule has 0 aliphatic rings. The molecule has 0 bridgehead atoms. The Bertz CT molecular complexity index is 155. The first-order valence-corrected chi connectivity index (χ1v) is 4.17. The van der Waals surface area contributed by atoms with Crippen molar-refractivity contribution < 1.29 is 4.79 Å². The van der Waals surface area contributed by atoms with Gasteiger partial charge in [0, 0.05) is 19.6 Å². The molecule has 12 heavy (non-hydrogen) atoms. The van der Waals surface area contributed by atoms with Crippen LogP contribution in [0.5, 0.6) is 0 Å². The number of nitrogens with zero attached hydrogens (tertiary/aromatic N) is 1. The second-order valence-electron chi connectivity index (χ2n) is 3.02. The van der Waals surface area contributed by atoms with E-state index in [1.807, 2.05) is 20.9 Å². The summed E-state index contributed by atoms with van der Waals surface area (Å²) in [5.41, 5.74) is 0. The Kier molecular flexibility index (Phi) is 5.37. The largest absolute Gasteiger partial charge is 0.342 e. The monoisotopic (exact) mass is 170 g/mol. The Morgan fingerprint density at radius 3 is 2.67 bits per heavy atom. The minimum atomic E-state index is 0.117. The molecule has 0 spiro atoms. The van der Waals surface area contributed by atoms with Crippen LogP contribution >= 0.6 is 0 Å². The molecule has 0 rings (SSSR count). The lowest BCUT2D eigenvalue weighted by atomic mass is 10.3. The van der Waals surface area contributed by atoms with E-state index < -0.39 is 0 Å². The van der Waals surface area contributed by atoms with Gasteiger partial charge in [0.15, 0.2) is 0 Å². The topological polar surface area (TPSA) is 32.3 Å². The van der Waals surface area contributed by atoms with Gasteiger partial charge in [-0.25, -0.2) is 0 Å². The first kappa shape index (κ1) is 11.2. The van der Waals surface area contributed by atoms with Crippen molar-refractivity contribution in [3.63, 3.8) is 0 Å². The number of carbonyl (C=O) groups is 1. The van der Waals surface area contributed by atoms with E-state index in [1.54, 1.807) is 11.0 Å². The average molecular weight is 170 g/mol. The molecule has 0 atom stereocenters. The maximum Gasteiger partial charge on any atom is 0.236 e. The van der Waals surface area contributed by atoms with Crippen LogP contribution in [0.3, 0.4) is 0 Å². The molecule has 0 aliphatic heterocycles. The Hall–Kier alpha value is -0.830. The van der Waals surface area contributed by atoms with Crippen molar-refractivity contribution >= 4 is 5.91 Å². The Morgan fingerprint density at radius 2 is 2.25 bits per heavy atom. The molecule has 0 radical (unpaired) electrons. The Labute approximate surface area is 74.4 Å². The van der Waals surface area contributed by atoms with Gasteiger partial charge in [-0.3, -0.25) is 4.79 Å².